The molecule has 0 aliphatic rings. The Morgan fingerprint density at radius 1 is 1.26 bits per heavy atom. The molecule has 4 nitrogen and oxygen atoms in total. The van der Waals surface area contributed by atoms with Crippen molar-refractivity contribution < 1.29 is 9.53 Å². The van der Waals surface area contributed by atoms with Crippen LogP contribution in [-0.4, -0.2) is 22.1 Å². The Morgan fingerprint density at radius 3 is 2.84 bits per heavy atom. The van der Waals surface area contributed by atoms with Crippen LogP contribution in [0.2, 0.25) is 0 Å². The number of aryl methyl sites for hydroxylation is 1. The average Bonchev–Trinajstić information content (AvgIpc) is 2.73. The number of ether oxygens (including phenoxy) is 1. The molecule has 0 atom stereocenters. The van der Waals surface area contributed by atoms with E-state index in [0.29, 0.717) is 12.3 Å². The summed E-state index contributed by atoms with van der Waals surface area (Å²) in [6, 6.07) is 9.90. The Labute approximate surface area is 110 Å². The van der Waals surface area contributed by atoms with E-state index in [1.54, 1.807) is 19.2 Å². The predicted octanol–water partition coefficient (Wildman–Crippen LogP) is 2.90. The van der Waals surface area contributed by atoms with E-state index in [4.69, 9.17) is 4.74 Å². The first-order valence-corrected chi connectivity index (χ1v) is 6.22. The van der Waals surface area contributed by atoms with Crippen LogP contribution in [0, 0.1) is 0 Å². The molecule has 3 aromatic rings. The molecule has 96 valence electrons. The molecule has 0 saturated carbocycles. The molecule has 19 heavy (non-hydrogen) atoms. The van der Waals surface area contributed by atoms with Gasteiger partial charge in [0, 0.05) is 29.5 Å². The van der Waals surface area contributed by atoms with E-state index in [1.807, 2.05) is 19.2 Å². The molecule has 0 amide bonds. The Morgan fingerprint density at radius 2 is 2.05 bits per heavy atom. The van der Waals surface area contributed by atoms with Crippen molar-refractivity contribution in [1.82, 2.24) is 9.55 Å². The highest BCUT2D eigenvalue weighted by molar-refractivity contribution is 6.08. The second kappa shape index (κ2) is 4.39. The molecule has 0 unspecified atom stereocenters. The third-order valence-corrected chi connectivity index (χ3v) is 3.28. The van der Waals surface area contributed by atoms with E-state index in [0.717, 1.165) is 21.8 Å². The van der Waals surface area contributed by atoms with Crippen molar-refractivity contribution in [3.8, 4) is 0 Å². The molecule has 0 bridgehead atoms. The fourth-order valence-electron chi connectivity index (χ4n) is 2.37. The zero-order valence-corrected chi connectivity index (χ0v) is 10.9. The molecule has 2 heterocycles. The summed E-state index contributed by atoms with van der Waals surface area (Å²) in [5, 5.41) is 2.19. The topological polar surface area (TPSA) is 44.1 Å². The molecule has 0 N–H and O–H groups in total. The van der Waals surface area contributed by atoms with Gasteiger partial charge in [-0.25, -0.2) is 9.78 Å². The molecule has 2 aromatic heterocycles. The monoisotopic (exact) mass is 254 g/mol. The first-order valence-electron chi connectivity index (χ1n) is 6.22. The van der Waals surface area contributed by atoms with Crippen LogP contribution in [0.3, 0.4) is 0 Å². The van der Waals surface area contributed by atoms with Crippen LogP contribution in [0.1, 0.15) is 17.4 Å². The summed E-state index contributed by atoms with van der Waals surface area (Å²) >= 11 is 0. The number of carbonyl (C=O) groups excluding carboxylic acids is 1. The minimum Gasteiger partial charge on any atom is -0.461 e. The molecule has 0 aliphatic heterocycles. The first-order chi connectivity index (χ1) is 9.22. The molecular weight excluding hydrogens is 240 g/mol. The SMILES string of the molecule is CCOC(=O)c1cc2c(cn1)c1ccccc1n2C. The smallest absolute Gasteiger partial charge is 0.356 e. The van der Waals surface area contributed by atoms with Crippen molar-refractivity contribution >= 4 is 27.8 Å². The van der Waals surface area contributed by atoms with Gasteiger partial charge in [-0.05, 0) is 19.1 Å². The van der Waals surface area contributed by atoms with Crippen LogP contribution in [0.25, 0.3) is 21.8 Å². The molecule has 3 rings (SSSR count). The lowest BCUT2D eigenvalue weighted by atomic mass is 10.2. The summed E-state index contributed by atoms with van der Waals surface area (Å²) in [6.07, 6.45) is 1.74. The van der Waals surface area contributed by atoms with E-state index in [2.05, 4.69) is 21.7 Å². The first kappa shape index (κ1) is 11.7. The maximum atomic E-state index is 11.7. The molecule has 0 spiro atoms. The van der Waals surface area contributed by atoms with Crippen LogP contribution in [-0.2, 0) is 11.8 Å². The van der Waals surface area contributed by atoms with Crippen LogP contribution in [0.4, 0.5) is 0 Å². The average molecular weight is 254 g/mol. The largest absolute Gasteiger partial charge is 0.461 e. The van der Waals surface area contributed by atoms with Crippen LogP contribution >= 0.6 is 0 Å². The standard InChI is InChI=1S/C15H14N2O2/c1-3-19-15(18)12-8-14-11(9-16-12)10-6-4-5-7-13(10)17(14)2/h4-9H,3H2,1-2H3. The Bertz CT molecular complexity index is 774. The highest BCUT2D eigenvalue weighted by Crippen LogP contribution is 2.27. The van der Waals surface area contributed by atoms with Crippen molar-refractivity contribution in [3.05, 3.63) is 42.2 Å². The lowest BCUT2D eigenvalue weighted by Crippen LogP contribution is -2.06. The fraction of sp³-hybridized carbons (Fsp3) is 0.200. The zero-order valence-electron chi connectivity index (χ0n) is 10.9. The van der Waals surface area contributed by atoms with E-state index in [-0.39, 0.29) is 5.97 Å². The third-order valence-electron chi connectivity index (χ3n) is 3.28. The summed E-state index contributed by atoms with van der Waals surface area (Å²) in [6.45, 7) is 2.14. The Hall–Kier alpha value is -2.36. The number of hydrogen-bond acceptors (Lipinski definition) is 3. The summed E-state index contributed by atoms with van der Waals surface area (Å²) in [5.41, 5.74) is 2.46. The number of aromatic nitrogens is 2. The minimum atomic E-state index is -0.380. The van der Waals surface area contributed by atoms with Gasteiger partial charge in [0.05, 0.1) is 12.1 Å². The minimum absolute atomic E-state index is 0.347. The van der Waals surface area contributed by atoms with Crippen molar-refractivity contribution in [2.45, 2.75) is 6.92 Å². The molecule has 0 radical (unpaired) electrons. The van der Waals surface area contributed by atoms with E-state index in [1.165, 1.54) is 0 Å². The number of nitrogens with zero attached hydrogens (tertiary/aromatic N) is 2. The Kier molecular flexibility index (Phi) is 2.71. The van der Waals surface area contributed by atoms with Gasteiger partial charge in [-0.15, -0.1) is 0 Å². The van der Waals surface area contributed by atoms with Crippen LogP contribution in [0.5, 0.6) is 0 Å². The molecule has 4 heteroatoms. The molecular formula is C15H14N2O2. The molecule has 0 aliphatic carbocycles. The van der Waals surface area contributed by atoms with Gasteiger partial charge >= 0.3 is 5.97 Å². The maximum absolute atomic E-state index is 11.7. The van der Waals surface area contributed by atoms with Gasteiger partial charge in [0.25, 0.3) is 0 Å². The van der Waals surface area contributed by atoms with Gasteiger partial charge in [-0.1, -0.05) is 18.2 Å². The van der Waals surface area contributed by atoms with Crippen molar-refractivity contribution in [2.24, 2.45) is 7.05 Å². The Balaban J connectivity index is 2.26. The number of pyridine rings is 1. The fourth-order valence-corrected chi connectivity index (χ4v) is 2.37. The second-order valence-electron chi connectivity index (χ2n) is 4.38. The number of rotatable bonds is 2. The number of carbonyl (C=O) groups is 1. The molecule has 0 fully saturated rings. The lowest BCUT2D eigenvalue weighted by Gasteiger charge is -2.02. The second-order valence-corrected chi connectivity index (χ2v) is 4.38. The van der Waals surface area contributed by atoms with Gasteiger partial charge < -0.3 is 9.30 Å². The number of hydrogen-bond donors (Lipinski definition) is 0. The van der Waals surface area contributed by atoms with Gasteiger partial charge in [-0.2, -0.15) is 0 Å². The summed E-state index contributed by atoms with van der Waals surface area (Å²) in [5.74, 6) is -0.380. The van der Waals surface area contributed by atoms with Crippen molar-refractivity contribution in [2.75, 3.05) is 6.61 Å². The third kappa shape index (κ3) is 1.76. The lowest BCUT2D eigenvalue weighted by molar-refractivity contribution is 0.0519. The van der Waals surface area contributed by atoms with Gasteiger partial charge in [0.2, 0.25) is 0 Å². The van der Waals surface area contributed by atoms with E-state index < -0.39 is 0 Å². The maximum Gasteiger partial charge on any atom is 0.356 e. The normalized spacial score (nSPS) is 11.1. The van der Waals surface area contributed by atoms with Gasteiger partial charge in [-0.3, -0.25) is 0 Å². The zero-order chi connectivity index (χ0) is 13.4. The highest BCUT2D eigenvalue weighted by Gasteiger charge is 2.13. The number of para-hydroxylation sites is 1. The number of fused-ring (bicyclic) bond motifs is 3. The highest BCUT2D eigenvalue weighted by atomic mass is 16.5. The molecule has 1 aromatic carbocycles. The summed E-state index contributed by atoms with van der Waals surface area (Å²) < 4.78 is 7.04. The van der Waals surface area contributed by atoms with Crippen molar-refractivity contribution in [1.29, 1.82) is 0 Å². The predicted molar refractivity (Wildman–Crippen MR) is 74.2 cm³/mol. The number of benzene rings is 1. The van der Waals surface area contributed by atoms with Crippen LogP contribution < -0.4 is 0 Å². The van der Waals surface area contributed by atoms with Gasteiger partial charge in [0.1, 0.15) is 5.69 Å². The molecule has 0 saturated heterocycles. The van der Waals surface area contributed by atoms with Gasteiger partial charge in [0.15, 0.2) is 0 Å². The number of esters is 1. The van der Waals surface area contributed by atoms with Crippen molar-refractivity contribution in [3.63, 3.8) is 0 Å². The van der Waals surface area contributed by atoms with Crippen LogP contribution in [0.15, 0.2) is 36.5 Å². The summed E-state index contributed by atoms with van der Waals surface area (Å²) in [4.78, 5) is 15.9. The van der Waals surface area contributed by atoms with E-state index >= 15 is 0 Å². The van der Waals surface area contributed by atoms with E-state index in [9.17, 15) is 4.79 Å². The quantitative estimate of drug-likeness (QED) is 0.660. The summed E-state index contributed by atoms with van der Waals surface area (Å²) in [7, 11) is 1.99.